The van der Waals surface area contributed by atoms with Crippen LogP contribution in [0.15, 0.2) is 0 Å². The summed E-state index contributed by atoms with van der Waals surface area (Å²) in [4.78, 5) is 32.1. The molecule has 0 spiro atoms. The quantitative estimate of drug-likeness (QED) is 0.460. The molecule has 0 saturated heterocycles. The van der Waals surface area contributed by atoms with Gasteiger partial charge in [-0.05, 0) is 20.3 Å². The molecular formula is C11H19NO4. The van der Waals surface area contributed by atoms with Crippen molar-refractivity contribution in [3.05, 3.63) is 0 Å². The Bertz CT molecular complexity index is 250. The first-order valence-electron chi connectivity index (χ1n) is 5.35. The molecule has 1 N–H and O–H groups in total. The minimum Gasteiger partial charge on any atom is -0.380 e. The van der Waals surface area contributed by atoms with Crippen molar-refractivity contribution in [2.24, 2.45) is 0 Å². The monoisotopic (exact) mass is 229 g/mol. The maximum absolute atomic E-state index is 11.0. The van der Waals surface area contributed by atoms with Crippen LogP contribution in [0.2, 0.25) is 0 Å². The van der Waals surface area contributed by atoms with Crippen LogP contribution in [-0.2, 0) is 19.1 Å². The molecule has 0 aliphatic rings. The van der Waals surface area contributed by atoms with Gasteiger partial charge in [0.05, 0.1) is 13.0 Å². The second kappa shape index (κ2) is 9.03. The number of ether oxygens (including phenoxy) is 1. The molecule has 0 rings (SSSR count). The van der Waals surface area contributed by atoms with Gasteiger partial charge in [0.25, 0.3) is 0 Å². The van der Waals surface area contributed by atoms with E-state index in [1.807, 2.05) is 0 Å². The lowest BCUT2D eigenvalue weighted by atomic mass is 10.2. The van der Waals surface area contributed by atoms with Crippen molar-refractivity contribution in [3.8, 4) is 0 Å². The van der Waals surface area contributed by atoms with Gasteiger partial charge in [-0.15, -0.1) is 0 Å². The molecule has 1 amide bonds. The lowest BCUT2D eigenvalue weighted by Gasteiger charge is -2.05. The van der Waals surface area contributed by atoms with E-state index in [0.717, 1.165) is 0 Å². The zero-order valence-corrected chi connectivity index (χ0v) is 9.88. The van der Waals surface area contributed by atoms with Gasteiger partial charge in [0.2, 0.25) is 5.91 Å². The van der Waals surface area contributed by atoms with Gasteiger partial charge >= 0.3 is 0 Å². The van der Waals surface area contributed by atoms with Crippen molar-refractivity contribution >= 4 is 17.5 Å². The minimum absolute atomic E-state index is 0.0790. The standard InChI is InChI=1S/C11H19NO4/c1-9(13)4-3-6-16-7-5-12-11(15)8-10(2)14/h3-8H2,1-2H3,(H,12,15). The van der Waals surface area contributed by atoms with Crippen LogP contribution in [0.4, 0.5) is 0 Å². The Kier molecular flexibility index (Phi) is 8.34. The minimum atomic E-state index is -0.278. The van der Waals surface area contributed by atoms with Gasteiger partial charge < -0.3 is 14.8 Å². The molecule has 0 aromatic carbocycles. The van der Waals surface area contributed by atoms with Crippen LogP contribution in [0.5, 0.6) is 0 Å². The second-order valence-corrected chi connectivity index (χ2v) is 3.65. The number of hydrogen-bond acceptors (Lipinski definition) is 4. The molecule has 5 nitrogen and oxygen atoms in total. The molecule has 92 valence electrons. The third kappa shape index (κ3) is 10.8. The van der Waals surface area contributed by atoms with Crippen molar-refractivity contribution < 1.29 is 19.1 Å². The number of carbonyl (C=O) groups excluding carboxylic acids is 3. The topological polar surface area (TPSA) is 72.5 Å². The van der Waals surface area contributed by atoms with Crippen molar-refractivity contribution in [2.45, 2.75) is 33.1 Å². The van der Waals surface area contributed by atoms with Crippen LogP contribution >= 0.6 is 0 Å². The fraction of sp³-hybridized carbons (Fsp3) is 0.727. The molecule has 0 saturated carbocycles. The Morgan fingerprint density at radius 1 is 1.06 bits per heavy atom. The summed E-state index contributed by atoms with van der Waals surface area (Å²) >= 11 is 0. The molecule has 0 aromatic heterocycles. The molecular weight excluding hydrogens is 210 g/mol. The zero-order valence-electron chi connectivity index (χ0n) is 9.88. The number of nitrogens with one attached hydrogen (secondary N) is 1. The van der Waals surface area contributed by atoms with Gasteiger partial charge in [0, 0.05) is 19.6 Å². The maximum atomic E-state index is 11.0. The van der Waals surface area contributed by atoms with E-state index in [2.05, 4.69) is 5.32 Å². The van der Waals surface area contributed by atoms with Crippen LogP contribution < -0.4 is 5.32 Å². The van der Waals surface area contributed by atoms with E-state index in [1.54, 1.807) is 6.92 Å². The first kappa shape index (κ1) is 14.8. The number of amides is 1. The highest BCUT2D eigenvalue weighted by Crippen LogP contribution is 1.90. The second-order valence-electron chi connectivity index (χ2n) is 3.65. The smallest absolute Gasteiger partial charge is 0.227 e. The molecule has 0 atom stereocenters. The van der Waals surface area contributed by atoms with Crippen molar-refractivity contribution in [1.29, 1.82) is 0 Å². The third-order valence-corrected chi connectivity index (χ3v) is 1.80. The lowest BCUT2D eigenvalue weighted by Crippen LogP contribution is -2.28. The molecule has 16 heavy (non-hydrogen) atoms. The van der Waals surface area contributed by atoms with Crippen molar-refractivity contribution in [2.75, 3.05) is 19.8 Å². The summed E-state index contributed by atoms with van der Waals surface area (Å²) in [5.74, 6) is -0.280. The molecule has 5 heteroatoms. The van der Waals surface area contributed by atoms with Gasteiger partial charge in [0.1, 0.15) is 11.6 Å². The summed E-state index contributed by atoms with van der Waals surface area (Å²) < 4.78 is 5.19. The molecule has 0 fully saturated rings. The predicted octanol–water partition coefficient (Wildman–Crippen LogP) is 0.467. The van der Waals surface area contributed by atoms with E-state index in [9.17, 15) is 14.4 Å². The number of carbonyl (C=O) groups is 3. The van der Waals surface area contributed by atoms with Crippen LogP contribution in [0.25, 0.3) is 0 Å². The van der Waals surface area contributed by atoms with Gasteiger partial charge in [-0.1, -0.05) is 0 Å². The average Bonchev–Trinajstić information content (AvgIpc) is 2.14. The Balaban J connectivity index is 3.24. The summed E-state index contributed by atoms with van der Waals surface area (Å²) in [6, 6.07) is 0. The summed E-state index contributed by atoms with van der Waals surface area (Å²) in [7, 11) is 0. The van der Waals surface area contributed by atoms with Crippen LogP contribution in [-0.4, -0.2) is 37.2 Å². The molecule has 0 aliphatic heterocycles. The fourth-order valence-corrected chi connectivity index (χ4v) is 1.08. The zero-order chi connectivity index (χ0) is 12.4. The summed E-state index contributed by atoms with van der Waals surface area (Å²) in [5, 5.41) is 2.56. The van der Waals surface area contributed by atoms with E-state index in [1.165, 1.54) is 6.92 Å². The lowest BCUT2D eigenvalue weighted by molar-refractivity contribution is -0.127. The number of ketones is 2. The maximum Gasteiger partial charge on any atom is 0.227 e. The van der Waals surface area contributed by atoms with Crippen molar-refractivity contribution in [1.82, 2.24) is 5.32 Å². The predicted molar refractivity (Wildman–Crippen MR) is 59.0 cm³/mol. The SMILES string of the molecule is CC(=O)CCCOCCNC(=O)CC(C)=O. The van der Waals surface area contributed by atoms with E-state index >= 15 is 0 Å². The average molecular weight is 229 g/mol. The number of hydrogen-bond donors (Lipinski definition) is 1. The highest BCUT2D eigenvalue weighted by Gasteiger charge is 2.03. The van der Waals surface area contributed by atoms with Gasteiger partial charge in [-0.3, -0.25) is 9.59 Å². The van der Waals surface area contributed by atoms with Gasteiger partial charge in [-0.2, -0.15) is 0 Å². The van der Waals surface area contributed by atoms with Gasteiger partial charge in [-0.25, -0.2) is 0 Å². The highest BCUT2D eigenvalue weighted by molar-refractivity contribution is 5.96. The molecule has 0 heterocycles. The largest absolute Gasteiger partial charge is 0.380 e. The van der Waals surface area contributed by atoms with E-state index in [4.69, 9.17) is 4.74 Å². The fourth-order valence-electron chi connectivity index (χ4n) is 1.08. The summed E-state index contributed by atoms with van der Waals surface area (Å²) in [5.41, 5.74) is 0. The number of rotatable bonds is 9. The van der Waals surface area contributed by atoms with E-state index in [-0.39, 0.29) is 23.9 Å². The summed E-state index contributed by atoms with van der Waals surface area (Å²) in [6.07, 6.45) is 1.15. The molecule has 0 bridgehead atoms. The Labute approximate surface area is 95.5 Å². The summed E-state index contributed by atoms with van der Waals surface area (Å²) in [6.45, 7) is 4.23. The number of Topliss-reactive ketones (excluding diaryl/α,β-unsaturated/α-hetero) is 2. The normalized spacial score (nSPS) is 9.88. The Hall–Kier alpha value is -1.23. The van der Waals surface area contributed by atoms with E-state index < -0.39 is 0 Å². The first-order valence-corrected chi connectivity index (χ1v) is 5.35. The first-order chi connectivity index (χ1) is 7.52. The van der Waals surface area contributed by atoms with Crippen LogP contribution in [0.3, 0.4) is 0 Å². The molecule has 0 aliphatic carbocycles. The third-order valence-electron chi connectivity index (χ3n) is 1.80. The van der Waals surface area contributed by atoms with Gasteiger partial charge in [0.15, 0.2) is 0 Å². The van der Waals surface area contributed by atoms with Crippen LogP contribution in [0.1, 0.15) is 33.1 Å². The van der Waals surface area contributed by atoms with Crippen LogP contribution in [0, 0.1) is 0 Å². The van der Waals surface area contributed by atoms with E-state index in [0.29, 0.717) is 32.6 Å². The highest BCUT2D eigenvalue weighted by atomic mass is 16.5. The molecule has 0 radical (unpaired) electrons. The Morgan fingerprint density at radius 2 is 1.75 bits per heavy atom. The molecule has 0 unspecified atom stereocenters. The Morgan fingerprint density at radius 3 is 2.31 bits per heavy atom. The van der Waals surface area contributed by atoms with Crippen molar-refractivity contribution in [3.63, 3.8) is 0 Å². The molecule has 0 aromatic rings.